The maximum Gasteiger partial charge on any atom is 0.324 e. The van der Waals surface area contributed by atoms with Crippen molar-refractivity contribution in [3.8, 4) is 0 Å². The number of nitrogens with one attached hydrogen (secondary N) is 1. The standard InChI is InChI=1S/C15H18N2O2/c1-10-9-17(15(19)16-14(10)18)13-8-4-6-11-5-2-3-7-12(11)13/h2-3,5,7,10,13H,4,6,8-9H2,1H3,(H,16,18,19). The van der Waals surface area contributed by atoms with Crippen molar-refractivity contribution in [3.63, 3.8) is 0 Å². The number of hydrogen-bond donors (Lipinski definition) is 1. The fourth-order valence-corrected chi connectivity index (χ4v) is 3.08. The van der Waals surface area contributed by atoms with E-state index in [9.17, 15) is 9.59 Å². The lowest BCUT2D eigenvalue weighted by Gasteiger charge is -2.39. The fraction of sp³-hybridized carbons (Fsp3) is 0.467. The highest BCUT2D eigenvalue weighted by Gasteiger charge is 2.35. The summed E-state index contributed by atoms with van der Waals surface area (Å²) in [6.45, 7) is 2.38. The number of rotatable bonds is 1. The fourth-order valence-electron chi connectivity index (χ4n) is 3.08. The van der Waals surface area contributed by atoms with Gasteiger partial charge in [-0.2, -0.15) is 0 Å². The number of amides is 3. The van der Waals surface area contributed by atoms with Crippen molar-refractivity contribution in [2.24, 2.45) is 5.92 Å². The predicted octanol–water partition coefficient (Wildman–Crippen LogP) is 2.25. The van der Waals surface area contributed by atoms with Crippen LogP contribution < -0.4 is 5.32 Å². The second kappa shape index (κ2) is 4.68. The van der Waals surface area contributed by atoms with Gasteiger partial charge >= 0.3 is 6.03 Å². The number of nitrogens with zero attached hydrogens (tertiary/aromatic N) is 1. The van der Waals surface area contributed by atoms with Gasteiger partial charge in [0.15, 0.2) is 0 Å². The van der Waals surface area contributed by atoms with Crippen LogP contribution in [0.5, 0.6) is 0 Å². The topological polar surface area (TPSA) is 49.4 Å². The minimum absolute atomic E-state index is 0.112. The maximum absolute atomic E-state index is 12.1. The van der Waals surface area contributed by atoms with E-state index in [1.807, 2.05) is 24.0 Å². The number of carbonyl (C=O) groups is 2. The molecule has 1 fully saturated rings. The highest BCUT2D eigenvalue weighted by Crippen LogP contribution is 2.35. The number of carbonyl (C=O) groups excluding carboxylic acids is 2. The lowest BCUT2D eigenvalue weighted by Crippen LogP contribution is -2.55. The molecule has 1 N–H and O–H groups in total. The van der Waals surface area contributed by atoms with E-state index in [-0.39, 0.29) is 23.9 Å². The minimum Gasteiger partial charge on any atom is -0.317 e. The molecule has 1 aromatic carbocycles. The average molecular weight is 258 g/mol. The molecule has 1 heterocycles. The van der Waals surface area contributed by atoms with Gasteiger partial charge in [0.1, 0.15) is 0 Å². The van der Waals surface area contributed by atoms with E-state index in [0.29, 0.717) is 6.54 Å². The molecular formula is C15H18N2O2. The summed E-state index contributed by atoms with van der Waals surface area (Å²) >= 11 is 0. The Morgan fingerprint density at radius 1 is 1.26 bits per heavy atom. The molecule has 0 radical (unpaired) electrons. The van der Waals surface area contributed by atoms with Crippen LogP contribution in [0.3, 0.4) is 0 Å². The molecule has 1 saturated heterocycles. The molecule has 0 aromatic heterocycles. The highest BCUT2D eigenvalue weighted by atomic mass is 16.2. The minimum atomic E-state index is -0.246. The third kappa shape index (κ3) is 2.11. The number of urea groups is 1. The van der Waals surface area contributed by atoms with Gasteiger partial charge in [-0.15, -0.1) is 0 Å². The summed E-state index contributed by atoms with van der Waals surface area (Å²) in [5, 5.41) is 2.46. The van der Waals surface area contributed by atoms with Gasteiger partial charge in [0.25, 0.3) is 0 Å². The molecule has 4 heteroatoms. The number of hydrogen-bond acceptors (Lipinski definition) is 2. The molecule has 1 aromatic rings. The van der Waals surface area contributed by atoms with Gasteiger partial charge in [-0.3, -0.25) is 10.1 Å². The molecule has 2 aliphatic rings. The first-order valence-electron chi connectivity index (χ1n) is 6.86. The van der Waals surface area contributed by atoms with E-state index in [1.54, 1.807) is 0 Å². The molecule has 2 atom stereocenters. The predicted molar refractivity (Wildman–Crippen MR) is 71.5 cm³/mol. The van der Waals surface area contributed by atoms with Crippen molar-refractivity contribution >= 4 is 11.9 Å². The molecule has 100 valence electrons. The molecule has 0 saturated carbocycles. The lowest BCUT2D eigenvalue weighted by atomic mass is 9.86. The molecular weight excluding hydrogens is 240 g/mol. The van der Waals surface area contributed by atoms with Gasteiger partial charge in [-0.25, -0.2) is 4.79 Å². The molecule has 3 rings (SSSR count). The smallest absolute Gasteiger partial charge is 0.317 e. The summed E-state index contributed by atoms with van der Waals surface area (Å²) in [6, 6.07) is 8.17. The Labute approximate surface area is 112 Å². The third-order valence-electron chi connectivity index (χ3n) is 4.12. The Morgan fingerprint density at radius 3 is 2.89 bits per heavy atom. The summed E-state index contributed by atoms with van der Waals surface area (Å²) in [5.41, 5.74) is 2.57. The van der Waals surface area contributed by atoms with Crippen molar-refractivity contribution in [2.45, 2.75) is 32.2 Å². The molecule has 0 spiro atoms. The van der Waals surface area contributed by atoms with E-state index in [2.05, 4.69) is 17.4 Å². The van der Waals surface area contributed by atoms with Gasteiger partial charge in [-0.1, -0.05) is 31.2 Å². The maximum atomic E-state index is 12.1. The number of imide groups is 1. The summed E-state index contributed by atoms with van der Waals surface area (Å²) in [7, 11) is 0. The first kappa shape index (κ1) is 12.2. The monoisotopic (exact) mass is 258 g/mol. The molecule has 2 unspecified atom stereocenters. The van der Waals surface area contributed by atoms with Gasteiger partial charge in [0.05, 0.1) is 12.0 Å². The first-order valence-corrected chi connectivity index (χ1v) is 6.86. The largest absolute Gasteiger partial charge is 0.324 e. The summed E-state index contributed by atoms with van der Waals surface area (Å²) in [6.07, 6.45) is 3.15. The lowest BCUT2D eigenvalue weighted by molar-refractivity contribution is -0.125. The average Bonchev–Trinajstić information content (AvgIpc) is 2.42. The quantitative estimate of drug-likeness (QED) is 0.840. The summed E-state index contributed by atoms with van der Waals surface area (Å²) in [4.78, 5) is 25.4. The molecule has 1 aliphatic heterocycles. The van der Waals surface area contributed by atoms with Gasteiger partial charge in [0.2, 0.25) is 5.91 Å². The molecule has 0 bridgehead atoms. The van der Waals surface area contributed by atoms with Crippen molar-refractivity contribution in [2.75, 3.05) is 6.54 Å². The molecule has 3 amide bonds. The zero-order valence-corrected chi connectivity index (χ0v) is 11.1. The van der Waals surface area contributed by atoms with Gasteiger partial charge in [-0.05, 0) is 30.4 Å². The Hall–Kier alpha value is -1.84. The normalized spacial score (nSPS) is 26.9. The summed E-state index contributed by atoms with van der Waals surface area (Å²) in [5.74, 6) is -0.294. The van der Waals surface area contributed by atoms with E-state index >= 15 is 0 Å². The van der Waals surface area contributed by atoms with Gasteiger partial charge < -0.3 is 4.90 Å². The van der Waals surface area contributed by atoms with Crippen LogP contribution in [0.4, 0.5) is 4.79 Å². The van der Waals surface area contributed by atoms with Crippen LogP contribution in [-0.2, 0) is 11.2 Å². The Balaban J connectivity index is 1.91. The zero-order valence-electron chi connectivity index (χ0n) is 11.1. The van der Waals surface area contributed by atoms with Crippen LogP contribution in [0.25, 0.3) is 0 Å². The van der Waals surface area contributed by atoms with Crippen LogP contribution in [0, 0.1) is 5.92 Å². The van der Waals surface area contributed by atoms with Crippen molar-refractivity contribution in [1.29, 1.82) is 0 Å². The van der Waals surface area contributed by atoms with Crippen molar-refractivity contribution in [3.05, 3.63) is 35.4 Å². The van der Waals surface area contributed by atoms with Crippen LogP contribution in [0.1, 0.15) is 36.9 Å². The second-order valence-electron chi connectivity index (χ2n) is 5.45. The van der Waals surface area contributed by atoms with Crippen molar-refractivity contribution < 1.29 is 9.59 Å². The third-order valence-corrected chi connectivity index (χ3v) is 4.12. The van der Waals surface area contributed by atoms with Crippen LogP contribution in [0.2, 0.25) is 0 Å². The number of aryl methyl sites for hydroxylation is 1. The van der Waals surface area contributed by atoms with Crippen molar-refractivity contribution in [1.82, 2.24) is 10.2 Å². The molecule has 4 nitrogen and oxygen atoms in total. The summed E-state index contributed by atoms with van der Waals surface area (Å²) < 4.78 is 0. The Morgan fingerprint density at radius 2 is 2.05 bits per heavy atom. The number of benzene rings is 1. The first-order chi connectivity index (χ1) is 9.16. The molecule has 19 heavy (non-hydrogen) atoms. The van der Waals surface area contributed by atoms with E-state index in [4.69, 9.17) is 0 Å². The van der Waals surface area contributed by atoms with E-state index < -0.39 is 0 Å². The number of fused-ring (bicyclic) bond motifs is 1. The van der Waals surface area contributed by atoms with Gasteiger partial charge in [0, 0.05) is 6.54 Å². The zero-order chi connectivity index (χ0) is 13.4. The molecule has 1 aliphatic carbocycles. The Kier molecular flexibility index (Phi) is 3.01. The van der Waals surface area contributed by atoms with Crippen LogP contribution >= 0.6 is 0 Å². The Bertz CT molecular complexity index is 527. The second-order valence-corrected chi connectivity index (χ2v) is 5.45. The van der Waals surface area contributed by atoms with Crippen LogP contribution in [0.15, 0.2) is 24.3 Å². The van der Waals surface area contributed by atoms with Crippen LogP contribution in [-0.4, -0.2) is 23.4 Å². The van der Waals surface area contributed by atoms with E-state index in [0.717, 1.165) is 19.3 Å². The highest BCUT2D eigenvalue weighted by molar-refractivity contribution is 5.98. The SMILES string of the molecule is CC1CN(C2CCCc3ccccc32)C(=O)NC1=O. The van der Waals surface area contributed by atoms with E-state index in [1.165, 1.54) is 11.1 Å².